The molecule has 1 amide bonds. The minimum absolute atomic E-state index is 0.0592. The molecule has 3 aromatic rings. The number of nitrogens with zero attached hydrogens (tertiary/aromatic N) is 1. The highest BCUT2D eigenvalue weighted by Gasteiger charge is 2.06. The summed E-state index contributed by atoms with van der Waals surface area (Å²) in [5.74, 6) is -0.0592. The van der Waals surface area contributed by atoms with Crippen molar-refractivity contribution in [2.45, 2.75) is 6.42 Å². The van der Waals surface area contributed by atoms with E-state index in [-0.39, 0.29) is 5.91 Å². The third-order valence-corrected chi connectivity index (χ3v) is 3.05. The molecule has 5 heteroatoms. The Morgan fingerprint density at radius 3 is 3.05 bits per heavy atom. The first kappa shape index (κ1) is 11.5. The molecule has 0 fully saturated rings. The molecule has 3 rings (SSSR count). The standard InChI is InChI=1S/C14H14N4O/c19-14(17-6-4-12-8-15-9-18-12)11-2-1-10-3-5-16-13(10)7-11/h1-3,5,7-9,16H,4,6H2,(H,15,18)(H,17,19). The summed E-state index contributed by atoms with van der Waals surface area (Å²) >= 11 is 0. The molecular formula is C14H14N4O. The van der Waals surface area contributed by atoms with Gasteiger partial charge in [-0.05, 0) is 23.6 Å². The first-order chi connectivity index (χ1) is 9.33. The van der Waals surface area contributed by atoms with Gasteiger partial charge in [-0.2, -0.15) is 0 Å². The van der Waals surface area contributed by atoms with Crippen molar-refractivity contribution in [1.29, 1.82) is 0 Å². The van der Waals surface area contributed by atoms with Crippen molar-refractivity contribution in [3.63, 3.8) is 0 Å². The largest absolute Gasteiger partial charge is 0.361 e. The Balaban J connectivity index is 1.63. The maximum Gasteiger partial charge on any atom is 0.251 e. The van der Waals surface area contributed by atoms with Gasteiger partial charge in [-0.25, -0.2) is 4.98 Å². The zero-order valence-electron chi connectivity index (χ0n) is 10.3. The molecule has 1 aromatic carbocycles. The minimum Gasteiger partial charge on any atom is -0.361 e. The van der Waals surface area contributed by atoms with Crippen LogP contribution in [0, 0.1) is 0 Å². The van der Waals surface area contributed by atoms with E-state index in [0.29, 0.717) is 12.1 Å². The van der Waals surface area contributed by atoms with Crippen LogP contribution in [0.4, 0.5) is 0 Å². The molecule has 0 bridgehead atoms. The predicted molar refractivity (Wildman–Crippen MR) is 72.9 cm³/mol. The monoisotopic (exact) mass is 254 g/mol. The minimum atomic E-state index is -0.0592. The molecular weight excluding hydrogens is 240 g/mol. The van der Waals surface area contributed by atoms with Gasteiger partial charge in [0, 0.05) is 42.1 Å². The first-order valence-corrected chi connectivity index (χ1v) is 6.15. The molecule has 3 N–H and O–H groups in total. The van der Waals surface area contributed by atoms with E-state index in [0.717, 1.165) is 23.0 Å². The van der Waals surface area contributed by atoms with Crippen LogP contribution < -0.4 is 5.32 Å². The second kappa shape index (κ2) is 4.97. The van der Waals surface area contributed by atoms with Crippen LogP contribution >= 0.6 is 0 Å². The SMILES string of the molecule is O=C(NCCc1cnc[nH]1)c1ccc2cc[nH]c2c1. The van der Waals surface area contributed by atoms with E-state index in [1.54, 1.807) is 12.5 Å². The van der Waals surface area contributed by atoms with E-state index in [1.165, 1.54) is 0 Å². The maximum atomic E-state index is 12.0. The Morgan fingerprint density at radius 2 is 2.21 bits per heavy atom. The predicted octanol–water partition coefficient (Wildman–Crippen LogP) is 1.86. The average Bonchev–Trinajstić information content (AvgIpc) is 3.08. The van der Waals surface area contributed by atoms with Crippen LogP contribution in [-0.4, -0.2) is 27.4 Å². The van der Waals surface area contributed by atoms with Crippen molar-refractivity contribution < 1.29 is 4.79 Å². The number of H-pyrrole nitrogens is 2. The molecule has 0 aliphatic carbocycles. The summed E-state index contributed by atoms with van der Waals surface area (Å²) in [6, 6.07) is 7.62. The molecule has 2 heterocycles. The third kappa shape index (κ3) is 2.49. The van der Waals surface area contributed by atoms with Gasteiger partial charge in [0.25, 0.3) is 5.91 Å². The van der Waals surface area contributed by atoms with Crippen molar-refractivity contribution >= 4 is 16.8 Å². The number of fused-ring (bicyclic) bond motifs is 1. The fourth-order valence-corrected chi connectivity index (χ4v) is 2.02. The number of aromatic nitrogens is 3. The Labute approximate surface area is 110 Å². The van der Waals surface area contributed by atoms with Crippen LogP contribution in [0.1, 0.15) is 16.1 Å². The second-order valence-electron chi connectivity index (χ2n) is 4.36. The Morgan fingerprint density at radius 1 is 1.26 bits per heavy atom. The Bertz CT molecular complexity index is 684. The van der Waals surface area contributed by atoms with Gasteiger partial charge in [0.2, 0.25) is 0 Å². The molecule has 0 radical (unpaired) electrons. The highest BCUT2D eigenvalue weighted by atomic mass is 16.1. The van der Waals surface area contributed by atoms with E-state index in [9.17, 15) is 4.79 Å². The lowest BCUT2D eigenvalue weighted by Crippen LogP contribution is -2.25. The lowest BCUT2D eigenvalue weighted by molar-refractivity contribution is 0.0954. The number of carbonyl (C=O) groups excluding carboxylic acids is 1. The van der Waals surface area contributed by atoms with Crippen LogP contribution in [0.15, 0.2) is 43.0 Å². The Kier molecular flexibility index (Phi) is 3.02. The van der Waals surface area contributed by atoms with E-state index in [1.807, 2.05) is 30.5 Å². The molecule has 5 nitrogen and oxygen atoms in total. The summed E-state index contributed by atoms with van der Waals surface area (Å²) in [5, 5.41) is 4.00. The smallest absolute Gasteiger partial charge is 0.251 e. The third-order valence-electron chi connectivity index (χ3n) is 3.05. The van der Waals surface area contributed by atoms with Crippen LogP contribution in [0.3, 0.4) is 0 Å². The van der Waals surface area contributed by atoms with Crippen LogP contribution in [-0.2, 0) is 6.42 Å². The highest BCUT2D eigenvalue weighted by molar-refractivity contribution is 5.97. The lowest BCUT2D eigenvalue weighted by Gasteiger charge is -2.04. The molecule has 0 unspecified atom stereocenters. The van der Waals surface area contributed by atoms with Crippen molar-refractivity contribution in [1.82, 2.24) is 20.3 Å². The summed E-state index contributed by atoms with van der Waals surface area (Å²) in [4.78, 5) is 22.0. The maximum absolute atomic E-state index is 12.0. The zero-order chi connectivity index (χ0) is 13.1. The number of amides is 1. The van der Waals surface area contributed by atoms with Gasteiger partial charge >= 0.3 is 0 Å². The van der Waals surface area contributed by atoms with Gasteiger partial charge in [-0.1, -0.05) is 6.07 Å². The van der Waals surface area contributed by atoms with Crippen molar-refractivity contribution in [3.05, 3.63) is 54.2 Å². The molecule has 96 valence electrons. The second-order valence-corrected chi connectivity index (χ2v) is 4.36. The Hall–Kier alpha value is -2.56. The van der Waals surface area contributed by atoms with Crippen LogP contribution in [0.2, 0.25) is 0 Å². The number of aromatic amines is 2. The lowest BCUT2D eigenvalue weighted by atomic mass is 10.1. The normalized spacial score (nSPS) is 10.7. The number of carbonyl (C=O) groups is 1. The van der Waals surface area contributed by atoms with Gasteiger partial charge in [0.15, 0.2) is 0 Å². The number of hydrogen-bond acceptors (Lipinski definition) is 2. The van der Waals surface area contributed by atoms with Gasteiger partial charge in [-0.3, -0.25) is 4.79 Å². The molecule has 0 saturated carbocycles. The topological polar surface area (TPSA) is 73.6 Å². The fraction of sp³-hybridized carbons (Fsp3) is 0.143. The summed E-state index contributed by atoms with van der Waals surface area (Å²) in [5.41, 5.74) is 2.65. The number of nitrogens with one attached hydrogen (secondary N) is 3. The van der Waals surface area contributed by atoms with Gasteiger partial charge < -0.3 is 15.3 Å². The average molecular weight is 254 g/mol. The number of rotatable bonds is 4. The number of imidazole rings is 1. The molecule has 0 spiro atoms. The van der Waals surface area contributed by atoms with Crippen LogP contribution in [0.25, 0.3) is 10.9 Å². The molecule has 0 saturated heterocycles. The highest BCUT2D eigenvalue weighted by Crippen LogP contribution is 2.13. The first-order valence-electron chi connectivity index (χ1n) is 6.15. The van der Waals surface area contributed by atoms with Crippen LogP contribution in [0.5, 0.6) is 0 Å². The van der Waals surface area contributed by atoms with Gasteiger partial charge in [0.1, 0.15) is 0 Å². The van der Waals surface area contributed by atoms with Gasteiger partial charge in [0.05, 0.1) is 6.33 Å². The van der Waals surface area contributed by atoms with Gasteiger partial charge in [-0.15, -0.1) is 0 Å². The number of benzene rings is 1. The van der Waals surface area contributed by atoms with Crippen molar-refractivity contribution in [2.75, 3.05) is 6.54 Å². The summed E-state index contributed by atoms with van der Waals surface area (Å²) < 4.78 is 0. The summed E-state index contributed by atoms with van der Waals surface area (Å²) in [7, 11) is 0. The molecule has 19 heavy (non-hydrogen) atoms. The van der Waals surface area contributed by atoms with E-state index in [4.69, 9.17) is 0 Å². The zero-order valence-corrected chi connectivity index (χ0v) is 10.3. The quantitative estimate of drug-likeness (QED) is 0.665. The van der Waals surface area contributed by atoms with Crippen molar-refractivity contribution in [2.24, 2.45) is 0 Å². The molecule has 2 aromatic heterocycles. The molecule has 0 aliphatic rings. The van der Waals surface area contributed by atoms with E-state index >= 15 is 0 Å². The molecule has 0 aliphatic heterocycles. The molecule has 0 atom stereocenters. The van der Waals surface area contributed by atoms with E-state index < -0.39 is 0 Å². The summed E-state index contributed by atoms with van der Waals surface area (Å²) in [6.07, 6.45) is 6.01. The van der Waals surface area contributed by atoms with Crippen molar-refractivity contribution in [3.8, 4) is 0 Å². The fourth-order valence-electron chi connectivity index (χ4n) is 2.02. The van der Waals surface area contributed by atoms with E-state index in [2.05, 4.69) is 20.3 Å². The summed E-state index contributed by atoms with van der Waals surface area (Å²) in [6.45, 7) is 0.587. The number of hydrogen-bond donors (Lipinski definition) is 3.